The summed E-state index contributed by atoms with van der Waals surface area (Å²) in [7, 11) is 0. The molecule has 3 atom stereocenters. The van der Waals surface area contributed by atoms with Gasteiger partial charge in [-0.3, -0.25) is 19.9 Å². The summed E-state index contributed by atoms with van der Waals surface area (Å²) in [4.78, 5) is 25.7. The van der Waals surface area contributed by atoms with Crippen LogP contribution in [0.15, 0.2) is 60.7 Å². The first-order valence-electron chi connectivity index (χ1n) is 11.6. The Kier molecular flexibility index (Phi) is 5.55. The number of ether oxygens (including phenoxy) is 2. The molecule has 36 heavy (non-hydrogen) atoms. The third-order valence-corrected chi connectivity index (χ3v) is 6.30. The number of carbonyl (C=O) groups is 2. The number of hydrogen-bond donors (Lipinski definition) is 4. The number of anilines is 2. The molecule has 1 aromatic heterocycles. The summed E-state index contributed by atoms with van der Waals surface area (Å²) in [5.41, 5.74) is 5.76. The van der Waals surface area contributed by atoms with Crippen molar-refractivity contribution >= 4 is 29.4 Å². The van der Waals surface area contributed by atoms with Crippen LogP contribution in [0, 0.1) is 12.8 Å². The highest BCUT2D eigenvalue weighted by Gasteiger charge is 2.45. The fraction of sp³-hybridized carbons (Fsp3) is 0.240. The molecule has 6 rings (SSSR count). The lowest BCUT2D eigenvalue weighted by Gasteiger charge is -2.37. The van der Waals surface area contributed by atoms with Gasteiger partial charge in [-0.15, -0.1) is 0 Å². The molecule has 184 valence electrons. The fourth-order valence-electron chi connectivity index (χ4n) is 4.59. The van der Waals surface area contributed by atoms with Crippen molar-refractivity contribution < 1.29 is 19.1 Å². The van der Waals surface area contributed by atoms with Crippen molar-refractivity contribution in [3.05, 3.63) is 71.9 Å². The Bertz CT molecular complexity index is 1340. The van der Waals surface area contributed by atoms with Crippen LogP contribution in [0.25, 0.3) is 6.08 Å². The first-order chi connectivity index (χ1) is 17.5. The minimum atomic E-state index is -0.647. The zero-order chi connectivity index (χ0) is 24.6. The van der Waals surface area contributed by atoms with E-state index < -0.39 is 6.29 Å². The summed E-state index contributed by atoms with van der Waals surface area (Å²) >= 11 is 0. The minimum absolute atomic E-state index is 0.0946. The molecule has 4 heterocycles. The average molecular weight is 488 g/mol. The maximum absolute atomic E-state index is 12.9. The van der Waals surface area contributed by atoms with Gasteiger partial charge in [0.05, 0.1) is 17.3 Å². The Morgan fingerprint density at radius 3 is 2.83 bits per heavy atom. The molecule has 3 aliphatic heterocycles. The normalized spacial score (nSPS) is 22.5. The Balaban J connectivity index is 1.19. The first kappa shape index (κ1) is 22.1. The lowest BCUT2D eigenvalue weighted by molar-refractivity contribution is -0.129. The van der Waals surface area contributed by atoms with E-state index in [0.717, 1.165) is 11.3 Å². The molecule has 3 unspecified atom stereocenters. The van der Waals surface area contributed by atoms with Crippen LogP contribution in [0.1, 0.15) is 17.5 Å². The zero-order valence-electron chi connectivity index (χ0n) is 19.5. The second-order valence-electron chi connectivity index (χ2n) is 8.75. The Morgan fingerprint density at radius 2 is 1.97 bits per heavy atom. The van der Waals surface area contributed by atoms with Gasteiger partial charge >= 0.3 is 0 Å². The van der Waals surface area contributed by atoms with Crippen molar-refractivity contribution in [1.29, 1.82) is 0 Å². The van der Waals surface area contributed by atoms with Gasteiger partial charge in [0.1, 0.15) is 12.0 Å². The van der Waals surface area contributed by atoms with Crippen molar-refractivity contribution in [2.75, 3.05) is 23.7 Å². The number of carbonyl (C=O) groups excluding carboxylic acids is 2. The first-order valence-corrected chi connectivity index (χ1v) is 11.6. The predicted octanol–water partition coefficient (Wildman–Crippen LogP) is 1.71. The second-order valence-corrected chi connectivity index (χ2v) is 8.75. The molecule has 11 nitrogen and oxygen atoms in total. The molecular weight excluding hydrogens is 462 g/mol. The highest BCUT2D eigenvalue weighted by Crippen LogP contribution is 2.33. The summed E-state index contributed by atoms with van der Waals surface area (Å²) in [5.74, 6) is 1.09. The van der Waals surface area contributed by atoms with Crippen LogP contribution in [-0.2, 0) is 9.59 Å². The van der Waals surface area contributed by atoms with Gasteiger partial charge in [-0.05, 0) is 42.8 Å². The van der Waals surface area contributed by atoms with Crippen molar-refractivity contribution in [3.8, 4) is 11.5 Å². The summed E-state index contributed by atoms with van der Waals surface area (Å²) in [5, 5.41) is 15.8. The number of fused-ring (bicyclic) bond motifs is 2. The molecule has 0 spiro atoms. The topological polar surface area (TPSA) is 122 Å². The Labute approximate surface area is 207 Å². The molecular formula is C25H25N7O4. The molecule has 0 saturated carbocycles. The number of benzene rings is 2. The molecule has 0 bridgehead atoms. The van der Waals surface area contributed by atoms with Gasteiger partial charge in [0.15, 0.2) is 17.8 Å². The van der Waals surface area contributed by atoms with Crippen LogP contribution in [0.4, 0.5) is 11.5 Å². The molecule has 11 heteroatoms. The highest BCUT2D eigenvalue weighted by molar-refractivity contribution is 6.01. The number of nitrogens with zero attached hydrogens (tertiary/aromatic N) is 3. The molecule has 3 aliphatic rings. The lowest BCUT2D eigenvalue weighted by Crippen LogP contribution is -2.61. The van der Waals surface area contributed by atoms with Crippen LogP contribution in [0.3, 0.4) is 0 Å². The number of hydrogen-bond acceptors (Lipinski definition) is 8. The van der Waals surface area contributed by atoms with E-state index in [-0.39, 0.29) is 30.7 Å². The number of para-hydroxylation sites is 1. The van der Waals surface area contributed by atoms with E-state index in [9.17, 15) is 9.59 Å². The van der Waals surface area contributed by atoms with Gasteiger partial charge in [0.2, 0.25) is 18.6 Å². The van der Waals surface area contributed by atoms with Gasteiger partial charge in [-0.2, -0.15) is 5.10 Å². The number of nitrogens with one attached hydrogen (secondary N) is 4. The number of amides is 2. The summed E-state index contributed by atoms with van der Waals surface area (Å²) in [6, 6.07) is 17.0. The number of hydrazine groups is 1. The van der Waals surface area contributed by atoms with Crippen LogP contribution in [-0.4, -0.2) is 41.1 Å². The van der Waals surface area contributed by atoms with E-state index in [4.69, 9.17) is 9.47 Å². The molecule has 3 aromatic rings. The highest BCUT2D eigenvalue weighted by atomic mass is 16.7. The smallest absolute Gasteiger partial charge is 0.249 e. The largest absolute Gasteiger partial charge is 0.454 e. The molecule has 4 N–H and O–H groups in total. The maximum atomic E-state index is 12.9. The van der Waals surface area contributed by atoms with Crippen LogP contribution >= 0.6 is 0 Å². The number of rotatable bonds is 5. The molecule has 2 aromatic carbocycles. The molecule has 2 fully saturated rings. The average Bonchev–Trinajstić information content (AvgIpc) is 3.61. The monoisotopic (exact) mass is 487 g/mol. The number of aromatic nitrogens is 2. The molecule has 2 amide bonds. The van der Waals surface area contributed by atoms with Crippen molar-refractivity contribution in [2.24, 2.45) is 5.92 Å². The third-order valence-electron chi connectivity index (χ3n) is 6.30. The van der Waals surface area contributed by atoms with E-state index >= 15 is 0 Å². The summed E-state index contributed by atoms with van der Waals surface area (Å²) < 4.78 is 12.3. The van der Waals surface area contributed by atoms with Crippen LogP contribution in [0.5, 0.6) is 11.5 Å². The van der Waals surface area contributed by atoms with E-state index in [1.807, 2.05) is 54.4 Å². The lowest BCUT2D eigenvalue weighted by atomic mass is 10.0. The molecule has 0 radical (unpaired) electrons. The van der Waals surface area contributed by atoms with Gasteiger partial charge in [0.25, 0.3) is 0 Å². The summed E-state index contributed by atoms with van der Waals surface area (Å²) in [6.45, 7) is 2.53. The quantitative estimate of drug-likeness (QED) is 0.402. The van der Waals surface area contributed by atoms with E-state index in [1.165, 1.54) is 6.08 Å². The van der Waals surface area contributed by atoms with E-state index in [2.05, 4.69) is 26.5 Å². The van der Waals surface area contributed by atoms with Crippen LogP contribution < -0.4 is 35.9 Å². The standard InChI is InChI=1S/C25H25N7O4/c1-15-11-21(27-22(33)10-8-16-7-9-19-20(12-16)36-14-35-19)32(30-15)25-28-23-18(24(34)29-25)13-26-31(23)17-5-3-2-4-6-17/h2-12,18,23,25-26,28H,13-14H2,1H3,(H,27,33)(H,29,34)/b10-8+. The van der Waals surface area contributed by atoms with Crippen molar-refractivity contribution in [2.45, 2.75) is 19.4 Å². The SMILES string of the molecule is Cc1cc(NC(=O)/C=C/c2ccc3c(c2)OCO3)n(C2NC(=O)C3CNN(c4ccccc4)C3N2)n1. The Morgan fingerprint density at radius 1 is 1.14 bits per heavy atom. The van der Waals surface area contributed by atoms with Crippen molar-refractivity contribution in [3.63, 3.8) is 0 Å². The van der Waals surface area contributed by atoms with Gasteiger partial charge < -0.3 is 20.1 Å². The van der Waals surface area contributed by atoms with Gasteiger partial charge in [0, 0.05) is 18.7 Å². The maximum Gasteiger partial charge on any atom is 0.249 e. The zero-order valence-corrected chi connectivity index (χ0v) is 19.5. The molecule has 0 aliphatic carbocycles. The fourth-order valence-corrected chi connectivity index (χ4v) is 4.59. The van der Waals surface area contributed by atoms with Crippen LogP contribution in [0.2, 0.25) is 0 Å². The second kappa shape index (κ2) is 9.02. The van der Waals surface area contributed by atoms with Gasteiger partial charge in [-0.25, -0.2) is 10.1 Å². The third kappa shape index (κ3) is 4.14. The number of aryl methyl sites for hydroxylation is 1. The van der Waals surface area contributed by atoms with Crippen molar-refractivity contribution in [1.82, 2.24) is 25.8 Å². The van der Waals surface area contributed by atoms with E-state index in [1.54, 1.807) is 22.9 Å². The van der Waals surface area contributed by atoms with Gasteiger partial charge in [-0.1, -0.05) is 24.3 Å². The Hall–Kier alpha value is -4.35. The van der Waals surface area contributed by atoms with E-state index in [0.29, 0.717) is 29.6 Å². The minimum Gasteiger partial charge on any atom is -0.454 e. The predicted molar refractivity (Wildman–Crippen MR) is 132 cm³/mol. The molecule has 2 saturated heterocycles. The summed E-state index contributed by atoms with van der Waals surface area (Å²) in [6.07, 6.45) is 2.19.